The zero-order valence-corrected chi connectivity index (χ0v) is 55.0. The second-order valence-corrected chi connectivity index (χ2v) is 22.5. The zero-order chi connectivity index (χ0) is 66.3. The normalized spacial score (nSPS) is 10.9. The van der Waals surface area contributed by atoms with Crippen molar-refractivity contribution >= 4 is 27.6 Å². The monoisotopic (exact) mass is 1290 g/mol. The van der Waals surface area contributed by atoms with E-state index in [0.717, 1.165) is 83.1 Å². The van der Waals surface area contributed by atoms with Gasteiger partial charge in [0, 0.05) is 55.1 Å². The summed E-state index contributed by atoms with van der Waals surface area (Å²) in [5.41, 5.74) is 8.13. The number of hydrogen-bond donors (Lipinski definition) is 1. The Balaban J connectivity index is 0.864. The molecule has 0 fully saturated rings. The molecule has 10 aromatic rings. The summed E-state index contributed by atoms with van der Waals surface area (Å²) in [4.78, 5) is 13.0. The maximum absolute atomic E-state index is 13.0. The third kappa shape index (κ3) is 19.5. The van der Waals surface area contributed by atoms with Gasteiger partial charge in [-0.15, -0.1) is 0 Å². The van der Waals surface area contributed by atoms with E-state index in [1.54, 1.807) is 56.9 Å². The number of rotatable bonds is 35. The van der Waals surface area contributed by atoms with E-state index >= 15 is 0 Å². The molecule has 1 N–H and O–H groups in total. The number of fused-ring (bicyclic) bond motifs is 2. The molecule has 0 aromatic heterocycles. The van der Waals surface area contributed by atoms with Gasteiger partial charge in [0.1, 0.15) is 114 Å². The summed E-state index contributed by atoms with van der Waals surface area (Å²) >= 11 is 0. The molecule has 0 bridgehead atoms. The van der Waals surface area contributed by atoms with Gasteiger partial charge in [0.25, 0.3) is 0 Å². The first-order chi connectivity index (χ1) is 46.5. The van der Waals surface area contributed by atoms with E-state index in [-0.39, 0.29) is 46.2 Å². The second kappa shape index (κ2) is 33.8. The Morgan fingerprint density at radius 2 is 0.600 bits per heavy atom. The summed E-state index contributed by atoms with van der Waals surface area (Å²) in [6.07, 6.45) is 2.28. The van der Waals surface area contributed by atoms with Gasteiger partial charge in [-0.05, 0) is 183 Å². The molecule has 0 aliphatic rings. The molecule has 494 valence electrons. The highest BCUT2D eigenvalue weighted by Gasteiger charge is 2.16. The topological polar surface area (TPSA) is 168 Å². The van der Waals surface area contributed by atoms with Crippen molar-refractivity contribution in [3.8, 4) is 74.7 Å². The first kappa shape index (κ1) is 67.2. The molecular formula is C78H81NO16. The number of nitrogens with one attached hydrogen (secondary N) is 1. The van der Waals surface area contributed by atoms with E-state index in [2.05, 4.69) is 47.8 Å². The number of aryl methyl sites for hydroxylation is 2. The molecule has 95 heavy (non-hydrogen) atoms. The van der Waals surface area contributed by atoms with Gasteiger partial charge in [0.05, 0.1) is 63.5 Å². The summed E-state index contributed by atoms with van der Waals surface area (Å²) in [5.74, 6) is 8.21. The van der Waals surface area contributed by atoms with Crippen LogP contribution in [0, 0.1) is 0 Å². The molecule has 0 heterocycles. The maximum atomic E-state index is 13.0. The Kier molecular flexibility index (Phi) is 23.9. The van der Waals surface area contributed by atoms with Crippen LogP contribution >= 0.6 is 0 Å². The molecule has 0 saturated carbocycles. The van der Waals surface area contributed by atoms with Gasteiger partial charge in [-0.25, -0.2) is 4.79 Å². The Bertz CT molecular complexity index is 3700. The van der Waals surface area contributed by atoms with Gasteiger partial charge in [-0.1, -0.05) is 54.6 Å². The fraction of sp³-hybridized carbons (Fsp3) is 0.269. The Labute approximate surface area is 555 Å². The standard InChI is InChI=1S/C78H81NO16/c1-81-62-24-53(25-63(39-62)82-2)20-19-52-23-54(33-70(26-52)90-47-56-27-64(83-3)40-65(28-56)84-4)46-91-71-34-55(45-89-22-14-13-21-79-78(80)95-51-77-75-17-11-9-15-60(75)38-61-16-10-12-18-76(61)77)35-72(43-71)94-50-59-36-73(92-48-57-29-66(85-5)41-67(30-57)86-6)44-74(37-59)93-49-58-31-68(87-7)42-69(32-58)88-8/h9-12,15-18,23-44H,13-14,19-22,45-51H2,1-8H3,(H,79,80). The first-order valence-corrected chi connectivity index (χ1v) is 31.3. The number of benzene rings is 10. The lowest BCUT2D eigenvalue weighted by atomic mass is 9.97. The van der Waals surface area contributed by atoms with Crippen LogP contribution in [-0.2, 0) is 68.6 Å². The van der Waals surface area contributed by atoms with Gasteiger partial charge in [-0.2, -0.15) is 0 Å². The number of hydrogen-bond acceptors (Lipinski definition) is 16. The van der Waals surface area contributed by atoms with Crippen molar-refractivity contribution in [2.75, 3.05) is 70.0 Å². The van der Waals surface area contributed by atoms with Crippen molar-refractivity contribution in [1.29, 1.82) is 0 Å². The van der Waals surface area contributed by atoms with Crippen molar-refractivity contribution in [3.63, 3.8) is 0 Å². The first-order valence-electron chi connectivity index (χ1n) is 31.3. The fourth-order valence-corrected chi connectivity index (χ4v) is 10.9. The number of amides is 1. The van der Waals surface area contributed by atoms with E-state index < -0.39 is 6.09 Å². The van der Waals surface area contributed by atoms with Crippen LogP contribution in [0.25, 0.3) is 21.5 Å². The lowest BCUT2D eigenvalue weighted by Gasteiger charge is -2.16. The van der Waals surface area contributed by atoms with Crippen LogP contribution in [0.4, 0.5) is 4.79 Å². The Morgan fingerprint density at radius 1 is 0.305 bits per heavy atom. The van der Waals surface area contributed by atoms with Gasteiger partial charge in [-0.3, -0.25) is 0 Å². The molecule has 0 spiro atoms. The summed E-state index contributed by atoms with van der Waals surface area (Å²) in [6, 6.07) is 58.9. The lowest BCUT2D eigenvalue weighted by molar-refractivity contribution is 0.115. The predicted molar refractivity (Wildman–Crippen MR) is 365 cm³/mol. The molecule has 10 rings (SSSR count). The molecule has 17 nitrogen and oxygen atoms in total. The number of alkyl carbamates (subject to hydrolysis) is 1. The van der Waals surface area contributed by atoms with Crippen LogP contribution < -0.4 is 66.9 Å². The number of carbonyl (C=O) groups is 1. The van der Waals surface area contributed by atoms with E-state index in [4.69, 9.17) is 71.1 Å². The third-order valence-corrected chi connectivity index (χ3v) is 15.8. The molecule has 10 aromatic carbocycles. The van der Waals surface area contributed by atoms with Crippen molar-refractivity contribution in [2.24, 2.45) is 0 Å². The van der Waals surface area contributed by atoms with E-state index in [1.165, 1.54) is 0 Å². The van der Waals surface area contributed by atoms with E-state index in [1.807, 2.05) is 140 Å². The largest absolute Gasteiger partial charge is 0.497 e. The summed E-state index contributed by atoms with van der Waals surface area (Å²) in [6.45, 7) is 2.27. The average molecular weight is 1290 g/mol. The Morgan fingerprint density at radius 3 is 0.979 bits per heavy atom. The molecule has 0 radical (unpaired) electrons. The highest BCUT2D eigenvalue weighted by atomic mass is 16.6. The van der Waals surface area contributed by atoms with Crippen LogP contribution in [0.3, 0.4) is 0 Å². The van der Waals surface area contributed by atoms with E-state index in [0.29, 0.717) is 102 Å². The van der Waals surface area contributed by atoms with Gasteiger partial charge >= 0.3 is 6.09 Å². The molecule has 1 amide bonds. The van der Waals surface area contributed by atoms with Crippen LogP contribution in [0.1, 0.15) is 62.9 Å². The molecule has 17 heteroatoms. The van der Waals surface area contributed by atoms with Crippen LogP contribution in [0.5, 0.6) is 74.7 Å². The van der Waals surface area contributed by atoms with E-state index in [9.17, 15) is 4.79 Å². The number of carbonyl (C=O) groups excluding carboxylic acids is 1. The lowest BCUT2D eigenvalue weighted by Crippen LogP contribution is -2.25. The van der Waals surface area contributed by atoms with Crippen LogP contribution in [0.15, 0.2) is 182 Å². The van der Waals surface area contributed by atoms with Gasteiger partial charge in [0.15, 0.2) is 0 Å². The van der Waals surface area contributed by atoms with Crippen molar-refractivity contribution in [2.45, 2.75) is 71.9 Å². The SMILES string of the molecule is COc1cc(CCc2cc(COc3cc(COCCCCNC(=O)OCc4c5ccccc5cc5ccccc45)cc(OCc4cc(OCc5cc(OC)cc(OC)c5)cc(OCc5cc(OC)cc(OC)c5)c4)c3)cc(OCc3cc(OC)cc(OC)c3)c2)cc(OC)c1. The third-order valence-electron chi connectivity index (χ3n) is 15.8. The highest BCUT2D eigenvalue weighted by molar-refractivity contribution is 6.02. The minimum absolute atomic E-state index is 0.131. The number of unbranched alkanes of at least 4 members (excludes halogenated alkanes) is 1. The van der Waals surface area contributed by atoms with Gasteiger partial charge in [0.2, 0.25) is 0 Å². The van der Waals surface area contributed by atoms with Crippen molar-refractivity contribution < 1.29 is 75.8 Å². The van der Waals surface area contributed by atoms with Crippen molar-refractivity contribution in [1.82, 2.24) is 5.32 Å². The predicted octanol–water partition coefficient (Wildman–Crippen LogP) is 16.0. The molecule has 0 unspecified atom stereocenters. The number of methoxy groups -OCH3 is 8. The van der Waals surface area contributed by atoms with Gasteiger partial charge < -0.3 is 76.4 Å². The minimum atomic E-state index is -0.474. The molecule has 0 aliphatic carbocycles. The van der Waals surface area contributed by atoms with Crippen molar-refractivity contribution in [3.05, 3.63) is 232 Å². The quantitative estimate of drug-likeness (QED) is 0.0294. The molecular weight excluding hydrogens is 1210 g/mol. The van der Waals surface area contributed by atoms with Crippen LogP contribution in [-0.4, -0.2) is 76.1 Å². The summed E-state index contributed by atoms with van der Waals surface area (Å²) < 4.78 is 89.4. The molecule has 0 atom stereocenters. The minimum Gasteiger partial charge on any atom is -0.497 e. The Hall–Kier alpha value is -10.7. The average Bonchev–Trinajstić information content (AvgIpc) is 0.797. The summed E-state index contributed by atoms with van der Waals surface area (Å²) in [7, 11) is 13.0. The molecule has 0 aliphatic heterocycles. The number of ether oxygens (including phenoxy) is 15. The fourth-order valence-electron chi connectivity index (χ4n) is 10.9. The molecule has 0 saturated heterocycles. The second-order valence-electron chi connectivity index (χ2n) is 22.5. The highest BCUT2D eigenvalue weighted by Crippen LogP contribution is 2.34. The summed E-state index contributed by atoms with van der Waals surface area (Å²) in [5, 5.41) is 7.23. The maximum Gasteiger partial charge on any atom is 0.407 e. The zero-order valence-electron chi connectivity index (χ0n) is 55.0. The smallest absolute Gasteiger partial charge is 0.407 e. The van der Waals surface area contributed by atoms with Crippen LogP contribution in [0.2, 0.25) is 0 Å².